The molecule has 1 heterocycles. The summed E-state index contributed by atoms with van der Waals surface area (Å²) in [5, 5.41) is 9.71. The van der Waals surface area contributed by atoms with Crippen LogP contribution in [-0.2, 0) is 9.53 Å². The summed E-state index contributed by atoms with van der Waals surface area (Å²) >= 11 is 0. The lowest BCUT2D eigenvalue weighted by Crippen LogP contribution is -2.40. The van der Waals surface area contributed by atoms with E-state index in [-0.39, 0.29) is 17.8 Å². The maximum Gasteiger partial charge on any atom is 0.308 e. The number of aliphatic hydroxyl groups excluding tert-OH is 1. The maximum atomic E-state index is 11.1. The van der Waals surface area contributed by atoms with Gasteiger partial charge in [0.1, 0.15) is 0 Å². The van der Waals surface area contributed by atoms with Crippen LogP contribution in [0.2, 0.25) is 0 Å². The first kappa shape index (κ1) is 10.5. The smallest absolute Gasteiger partial charge is 0.308 e. The Morgan fingerprint density at radius 3 is 2.00 bits per heavy atom. The molecule has 1 atom stereocenters. The Balaban J connectivity index is 2.97. The molecule has 3 heteroatoms. The molecule has 0 aromatic heterocycles. The highest BCUT2D eigenvalue weighted by Crippen LogP contribution is 2.47. The van der Waals surface area contributed by atoms with Crippen LogP contribution in [0.4, 0.5) is 0 Å². The number of ether oxygens (including phenoxy) is 1. The average molecular weight is 186 g/mol. The van der Waals surface area contributed by atoms with Crippen LogP contribution in [0, 0.1) is 17.3 Å². The maximum absolute atomic E-state index is 11.1. The van der Waals surface area contributed by atoms with E-state index in [4.69, 9.17) is 4.74 Å². The van der Waals surface area contributed by atoms with E-state index in [1.54, 1.807) is 0 Å². The minimum Gasteiger partial charge on any atom is -0.435 e. The Bertz CT molecular complexity index is 200. The number of hydrogen-bond donors (Lipinski definition) is 1. The summed E-state index contributed by atoms with van der Waals surface area (Å²) in [4.78, 5) is 11.1. The van der Waals surface area contributed by atoms with E-state index in [2.05, 4.69) is 0 Å². The number of esters is 1. The van der Waals surface area contributed by atoms with Crippen LogP contribution < -0.4 is 0 Å². The quantitative estimate of drug-likeness (QED) is 0.665. The molecule has 0 aromatic carbocycles. The van der Waals surface area contributed by atoms with Crippen molar-refractivity contribution < 1.29 is 14.6 Å². The van der Waals surface area contributed by atoms with Crippen LogP contribution in [0.5, 0.6) is 0 Å². The fourth-order valence-corrected chi connectivity index (χ4v) is 2.26. The number of carbonyl (C=O) groups is 1. The second-order valence-corrected chi connectivity index (χ2v) is 4.44. The first-order valence-corrected chi connectivity index (χ1v) is 4.78. The molecule has 3 nitrogen and oxygen atoms in total. The summed E-state index contributed by atoms with van der Waals surface area (Å²) in [5.41, 5.74) is -0.392. The van der Waals surface area contributed by atoms with Crippen molar-refractivity contribution >= 4 is 5.97 Å². The second kappa shape index (κ2) is 3.29. The minimum absolute atomic E-state index is 0.244. The van der Waals surface area contributed by atoms with Crippen molar-refractivity contribution in [3.63, 3.8) is 0 Å². The zero-order valence-corrected chi connectivity index (χ0v) is 8.70. The average Bonchev–Trinajstić information content (AvgIpc) is 2.26. The van der Waals surface area contributed by atoms with Crippen LogP contribution in [-0.4, -0.2) is 17.4 Å². The lowest BCUT2D eigenvalue weighted by atomic mass is 9.67. The standard InChI is InChI=1S/C10H18O3/c1-6(2)10(7(3)4)5-8(11)13-9(10)12/h6-7,9,12H,5H2,1-4H3. The molecule has 1 fully saturated rings. The predicted octanol–water partition coefficient (Wildman–Crippen LogP) is 1.55. The molecular formula is C10H18O3. The molecule has 0 amide bonds. The molecule has 1 rings (SSSR count). The van der Waals surface area contributed by atoms with Gasteiger partial charge in [0.15, 0.2) is 0 Å². The minimum atomic E-state index is -0.931. The van der Waals surface area contributed by atoms with E-state index in [1.165, 1.54) is 0 Å². The Labute approximate surface area is 79.1 Å². The lowest BCUT2D eigenvalue weighted by Gasteiger charge is -2.37. The van der Waals surface area contributed by atoms with Crippen molar-refractivity contribution in [1.29, 1.82) is 0 Å². The van der Waals surface area contributed by atoms with Gasteiger partial charge in [0, 0.05) is 5.41 Å². The van der Waals surface area contributed by atoms with Crippen LogP contribution in [0.25, 0.3) is 0 Å². The molecule has 0 saturated carbocycles. The van der Waals surface area contributed by atoms with E-state index in [0.29, 0.717) is 6.42 Å². The van der Waals surface area contributed by atoms with Crippen molar-refractivity contribution in [1.82, 2.24) is 0 Å². The molecule has 1 unspecified atom stereocenters. The van der Waals surface area contributed by atoms with Gasteiger partial charge < -0.3 is 9.84 Å². The molecule has 0 radical (unpaired) electrons. The van der Waals surface area contributed by atoms with E-state index in [9.17, 15) is 9.90 Å². The Kier molecular flexibility index (Phi) is 2.66. The highest BCUT2D eigenvalue weighted by Gasteiger charge is 2.52. The zero-order valence-electron chi connectivity index (χ0n) is 8.70. The Morgan fingerprint density at radius 2 is 1.85 bits per heavy atom. The van der Waals surface area contributed by atoms with Gasteiger partial charge in [0.25, 0.3) is 0 Å². The van der Waals surface area contributed by atoms with Crippen molar-refractivity contribution in [2.45, 2.75) is 40.4 Å². The van der Waals surface area contributed by atoms with E-state index >= 15 is 0 Å². The third-order valence-corrected chi connectivity index (χ3v) is 3.30. The summed E-state index contributed by atoms with van der Waals surface area (Å²) in [6.45, 7) is 8.08. The first-order chi connectivity index (χ1) is 5.91. The van der Waals surface area contributed by atoms with Crippen LogP contribution in [0.1, 0.15) is 34.1 Å². The van der Waals surface area contributed by atoms with Crippen LogP contribution in [0.3, 0.4) is 0 Å². The van der Waals surface area contributed by atoms with Crippen LogP contribution >= 0.6 is 0 Å². The van der Waals surface area contributed by atoms with E-state index < -0.39 is 11.7 Å². The van der Waals surface area contributed by atoms with Crippen molar-refractivity contribution in [3.05, 3.63) is 0 Å². The summed E-state index contributed by atoms with van der Waals surface area (Å²) in [6, 6.07) is 0. The molecule has 76 valence electrons. The largest absolute Gasteiger partial charge is 0.435 e. The summed E-state index contributed by atoms with van der Waals surface area (Å²) in [5.74, 6) is 0.206. The van der Waals surface area contributed by atoms with Gasteiger partial charge in [-0.05, 0) is 11.8 Å². The molecule has 0 aliphatic carbocycles. The molecule has 0 aromatic rings. The van der Waals surface area contributed by atoms with Crippen molar-refractivity contribution in [3.8, 4) is 0 Å². The fraction of sp³-hybridized carbons (Fsp3) is 0.900. The van der Waals surface area contributed by atoms with Gasteiger partial charge in [0.05, 0.1) is 6.42 Å². The van der Waals surface area contributed by atoms with Gasteiger partial charge in [-0.2, -0.15) is 0 Å². The zero-order chi connectivity index (χ0) is 10.2. The molecule has 1 saturated heterocycles. The molecule has 1 N–H and O–H groups in total. The highest BCUT2D eigenvalue weighted by molar-refractivity contribution is 5.73. The molecule has 13 heavy (non-hydrogen) atoms. The van der Waals surface area contributed by atoms with Crippen molar-refractivity contribution in [2.24, 2.45) is 17.3 Å². The number of rotatable bonds is 2. The van der Waals surface area contributed by atoms with Gasteiger partial charge in [-0.15, -0.1) is 0 Å². The van der Waals surface area contributed by atoms with Gasteiger partial charge in [0.2, 0.25) is 6.29 Å². The van der Waals surface area contributed by atoms with Gasteiger partial charge in [-0.25, -0.2) is 0 Å². The third-order valence-electron chi connectivity index (χ3n) is 3.30. The molecule has 1 aliphatic rings. The van der Waals surface area contributed by atoms with Crippen LogP contribution in [0.15, 0.2) is 0 Å². The Hall–Kier alpha value is -0.570. The molecular weight excluding hydrogens is 168 g/mol. The predicted molar refractivity (Wildman–Crippen MR) is 48.8 cm³/mol. The van der Waals surface area contributed by atoms with Crippen molar-refractivity contribution in [2.75, 3.05) is 0 Å². The second-order valence-electron chi connectivity index (χ2n) is 4.44. The highest BCUT2D eigenvalue weighted by atomic mass is 16.6. The van der Waals surface area contributed by atoms with E-state index in [1.807, 2.05) is 27.7 Å². The molecule has 0 spiro atoms. The van der Waals surface area contributed by atoms with E-state index in [0.717, 1.165) is 0 Å². The first-order valence-electron chi connectivity index (χ1n) is 4.78. The number of aliphatic hydroxyl groups is 1. The normalized spacial score (nSPS) is 27.0. The fourth-order valence-electron chi connectivity index (χ4n) is 2.26. The monoisotopic (exact) mass is 186 g/mol. The molecule has 1 aliphatic heterocycles. The summed E-state index contributed by atoms with van der Waals surface area (Å²) < 4.78 is 4.82. The molecule has 0 bridgehead atoms. The third kappa shape index (κ3) is 1.46. The number of carbonyl (C=O) groups excluding carboxylic acids is 1. The topological polar surface area (TPSA) is 46.5 Å². The summed E-state index contributed by atoms with van der Waals surface area (Å²) in [6.07, 6.45) is -0.594. The number of hydrogen-bond acceptors (Lipinski definition) is 3. The number of cyclic esters (lactones) is 1. The van der Waals surface area contributed by atoms with Gasteiger partial charge >= 0.3 is 5.97 Å². The lowest BCUT2D eigenvalue weighted by molar-refractivity contribution is -0.169. The van der Waals surface area contributed by atoms with Gasteiger partial charge in [-0.1, -0.05) is 27.7 Å². The summed E-state index contributed by atoms with van der Waals surface area (Å²) in [7, 11) is 0. The van der Waals surface area contributed by atoms with Gasteiger partial charge in [-0.3, -0.25) is 4.79 Å². The Morgan fingerprint density at radius 1 is 1.38 bits per heavy atom. The SMILES string of the molecule is CC(C)C1(C(C)C)CC(=O)OC1O.